The number of benzene rings is 2. The number of carbonyl (C=O) groups excluding carboxylic acids is 2. The third-order valence-corrected chi connectivity index (χ3v) is 7.03. The minimum atomic E-state index is -3.82. The first-order valence-electron chi connectivity index (χ1n) is 9.49. The number of ketones is 1. The van der Waals surface area contributed by atoms with Gasteiger partial charge in [-0.15, -0.1) is 0 Å². The van der Waals surface area contributed by atoms with Gasteiger partial charge in [0.15, 0.2) is 6.61 Å². The molecular formula is C21H21Cl2NO6S. The van der Waals surface area contributed by atoms with Gasteiger partial charge in [-0.05, 0) is 50.2 Å². The second kappa shape index (κ2) is 9.67. The summed E-state index contributed by atoms with van der Waals surface area (Å²) in [6.45, 7) is 3.50. The van der Waals surface area contributed by atoms with E-state index in [2.05, 4.69) is 0 Å². The smallest absolute Gasteiger partial charge is 0.338 e. The van der Waals surface area contributed by atoms with Gasteiger partial charge in [0.1, 0.15) is 0 Å². The Bertz CT molecular complexity index is 1090. The highest BCUT2D eigenvalue weighted by Crippen LogP contribution is 2.23. The molecule has 1 saturated heterocycles. The largest absolute Gasteiger partial charge is 0.454 e. The van der Waals surface area contributed by atoms with E-state index >= 15 is 0 Å². The summed E-state index contributed by atoms with van der Waals surface area (Å²) in [4.78, 5) is 24.7. The van der Waals surface area contributed by atoms with Gasteiger partial charge < -0.3 is 9.47 Å². The maximum Gasteiger partial charge on any atom is 0.338 e. The third kappa shape index (κ3) is 5.64. The van der Waals surface area contributed by atoms with Crippen LogP contribution in [0.2, 0.25) is 10.0 Å². The Kier molecular flexibility index (Phi) is 7.39. The van der Waals surface area contributed by atoms with Crippen LogP contribution in [0.3, 0.4) is 0 Å². The molecule has 0 radical (unpaired) electrons. The van der Waals surface area contributed by atoms with Gasteiger partial charge in [-0.2, -0.15) is 4.31 Å². The lowest BCUT2D eigenvalue weighted by Gasteiger charge is -2.34. The van der Waals surface area contributed by atoms with Crippen molar-refractivity contribution in [1.82, 2.24) is 4.31 Å². The summed E-state index contributed by atoms with van der Waals surface area (Å²) in [6, 6.07) is 9.89. The van der Waals surface area contributed by atoms with E-state index in [1.807, 2.05) is 0 Å². The molecule has 3 rings (SSSR count). The fourth-order valence-electron chi connectivity index (χ4n) is 3.27. The van der Waals surface area contributed by atoms with Crippen molar-refractivity contribution in [3.63, 3.8) is 0 Å². The van der Waals surface area contributed by atoms with Crippen molar-refractivity contribution in [2.45, 2.75) is 31.0 Å². The Morgan fingerprint density at radius 2 is 1.77 bits per heavy atom. The minimum absolute atomic E-state index is 0.0189. The minimum Gasteiger partial charge on any atom is -0.454 e. The maximum atomic E-state index is 13.0. The molecule has 2 aromatic carbocycles. The van der Waals surface area contributed by atoms with Crippen molar-refractivity contribution in [2.75, 3.05) is 19.7 Å². The van der Waals surface area contributed by atoms with Gasteiger partial charge in [0, 0.05) is 23.7 Å². The van der Waals surface area contributed by atoms with E-state index in [0.29, 0.717) is 5.02 Å². The topological polar surface area (TPSA) is 90.0 Å². The Balaban J connectivity index is 1.72. The Hall–Kier alpha value is -1.97. The SMILES string of the molecule is CC1CN(S(=O)(=O)c2cccc(C(=O)OCC(=O)c3ccc(Cl)cc3Cl)c2)CC(C)O1. The van der Waals surface area contributed by atoms with E-state index in [4.69, 9.17) is 32.7 Å². The van der Waals surface area contributed by atoms with Gasteiger partial charge in [-0.1, -0.05) is 29.3 Å². The van der Waals surface area contributed by atoms with Crippen LogP contribution < -0.4 is 0 Å². The van der Waals surface area contributed by atoms with Crippen LogP contribution >= 0.6 is 23.2 Å². The first-order valence-corrected chi connectivity index (χ1v) is 11.7. The van der Waals surface area contributed by atoms with Crippen molar-refractivity contribution in [1.29, 1.82) is 0 Å². The number of rotatable bonds is 6. The Labute approximate surface area is 190 Å². The number of esters is 1. The monoisotopic (exact) mass is 485 g/mol. The molecule has 1 aliphatic heterocycles. The molecule has 2 aromatic rings. The molecule has 0 aromatic heterocycles. The molecule has 1 fully saturated rings. The number of Topliss-reactive ketones (excluding diaryl/α,β-unsaturated/α-hetero) is 1. The number of morpholine rings is 1. The number of ether oxygens (including phenoxy) is 2. The maximum absolute atomic E-state index is 13.0. The molecule has 0 spiro atoms. The summed E-state index contributed by atoms with van der Waals surface area (Å²) < 4.78 is 38.0. The van der Waals surface area contributed by atoms with Crippen LogP contribution in [0.5, 0.6) is 0 Å². The highest BCUT2D eigenvalue weighted by molar-refractivity contribution is 7.89. The molecule has 166 valence electrons. The highest BCUT2D eigenvalue weighted by Gasteiger charge is 2.32. The molecular weight excluding hydrogens is 465 g/mol. The summed E-state index contributed by atoms with van der Waals surface area (Å²) in [5.41, 5.74) is 0.191. The second-order valence-corrected chi connectivity index (χ2v) is 10.0. The first-order chi connectivity index (χ1) is 14.6. The fraction of sp³-hybridized carbons (Fsp3) is 0.333. The number of hydrogen-bond acceptors (Lipinski definition) is 6. The zero-order valence-corrected chi connectivity index (χ0v) is 19.2. The van der Waals surface area contributed by atoms with Crippen LogP contribution in [0.25, 0.3) is 0 Å². The van der Waals surface area contributed by atoms with E-state index in [9.17, 15) is 18.0 Å². The average Bonchev–Trinajstić information content (AvgIpc) is 2.71. The zero-order chi connectivity index (χ0) is 22.8. The predicted molar refractivity (Wildman–Crippen MR) is 116 cm³/mol. The molecule has 2 atom stereocenters. The molecule has 10 heteroatoms. The summed E-state index contributed by atoms with van der Waals surface area (Å²) in [7, 11) is -3.82. The number of halogens is 2. The fourth-order valence-corrected chi connectivity index (χ4v) is 5.42. The van der Waals surface area contributed by atoms with Crippen LogP contribution in [0, 0.1) is 0 Å². The summed E-state index contributed by atoms with van der Waals surface area (Å²) in [5, 5.41) is 0.524. The normalized spacial score (nSPS) is 19.7. The molecule has 7 nitrogen and oxygen atoms in total. The Morgan fingerprint density at radius 1 is 1.10 bits per heavy atom. The van der Waals surface area contributed by atoms with E-state index in [-0.39, 0.29) is 46.3 Å². The van der Waals surface area contributed by atoms with Crippen LogP contribution in [-0.4, -0.2) is 56.4 Å². The molecule has 0 bridgehead atoms. The van der Waals surface area contributed by atoms with Crippen molar-refractivity contribution >= 4 is 45.0 Å². The van der Waals surface area contributed by atoms with Crippen LogP contribution in [0.4, 0.5) is 0 Å². The number of sulfonamides is 1. The molecule has 0 N–H and O–H groups in total. The zero-order valence-electron chi connectivity index (χ0n) is 16.9. The molecule has 31 heavy (non-hydrogen) atoms. The Morgan fingerprint density at radius 3 is 2.42 bits per heavy atom. The quantitative estimate of drug-likeness (QED) is 0.456. The average molecular weight is 486 g/mol. The number of hydrogen-bond donors (Lipinski definition) is 0. The molecule has 1 heterocycles. The third-order valence-electron chi connectivity index (χ3n) is 4.66. The summed E-state index contributed by atoms with van der Waals surface area (Å²) in [5.74, 6) is -1.32. The molecule has 0 saturated carbocycles. The number of carbonyl (C=O) groups is 2. The van der Waals surface area contributed by atoms with Gasteiger partial charge in [0.25, 0.3) is 0 Å². The van der Waals surface area contributed by atoms with Crippen molar-refractivity contribution in [3.05, 3.63) is 63.6 Å². The van der Waals surface area contributed by atoms with E-state index in [0.717, 1.165) is 0 Å². The lowest BCUT2D eigenvalue weighted by atomic mass is 10.1. The van der Waals surface area contributed by atoms with Crippen LogP contribution in [0.15, 0.2) is 47.4 Å². The van der Waals surface area contributed by atoms with Crippen LogP contribution in [-0.2, 0) is 19.5 Å². The molecule has 2 unspecified atom stereocenters. The standard InChI is InChI=1S/C21H21Cl2NO6S/c1-13-10-24(11-14(2)30-13)31(27,28)17-5-3-4-15(8-17)21(26)29-12-20(25)18-7-6-16(22)9-19(18)23/h3-9,13-14H,10-12H2,1-2H3. The number of nitrogens with zero attached hydrogens (tertiary/aromatic N) is 1. The highest BCUT2D eigenvalue weighted by atomic mass is 35.5. The molecule has 0 amide bonds. The lowest BCUT2D eigenvalue weighted by molar-refractivity contribution is -0.0440. The summed E-state index contributed by atoms with van der Waals surface area (Å²) >= 11 is 11.8. The van der Waals surface area contributed by atoms with Crippen molar-refractivity contribution in [3.8, 4) is 0 Å². The first kappa shape index (κ1) is 23.7. The predicted octanol–water partition coefficient (Wildman–Crippen LogP) is 3.83. The van der Waals surface area contributed by atoms with E-state index < -0.39 is 28.4 Å². The van der Waals surface area contributed by atoms with Gasteiger partial charge >= 0.3 is 5.97 Å². The van der Waals surface area contributed by atoms with Gasteiger partial charge in [-0.3, -0.25) is 4.79 Å². The van der Waals surface area contributed by atoms with Crippen molar-refractivity contribution in [2.24, 2.45) is 0 Å². The van der Waals surface area contributed by atoms with E-state index in [1.165, 1.54) is 46.8 Å². The van der Waals surface area contributed by atoms with Crippen molar-refractivity contribution < 1.29 is 27.5 Å². The van der Waals surface area contributed by atoms with Gasteiger partial charge in [-0.25, -0.2) is 13.2 Å². The van der Waals surface area contributed by atoms with E-state index in [1.54, 1.807) is 13.8 Å². The summed E-state index contributed by atoms with van der Waals surface area (Å²) in [6.07, 6.45) is -0.477. The lowest BCUT2D eigenvalue weighted by Crippen LogP contribution is -2.48. The molecule has 0 aliphatic carbocycles. The van der Waals surface area contributed by atoms with Gasteiger partial charge in [0.05, 0.1) is 27.7 Å². The van der Waals surface area contributed by atoms with Gasteiger partial charge in [0.2, 0.25) is 15.8 Å². The van der Waals surface area contributed by atoms with Crippen LogP contribution in [0.1, 0.15) is 34.6 Å². The second-order valence-electron chi connectivity index (χ2n) is 7.23. The molecule has 1 aliphatic rings.